The number of aromatic nitrogens is 1. The van der Waals surface area contributed by atoms with Gasteiger partial charge in [-0.1, -0.05) is 13.0 Å². The molecular weight excluding hydrogens is 234 g/mol. The van der Waals surface area contributed by atoms with Crippen LogP contribution in [0.15, 0.2) is 12.1 Å². The summed E-state index contributed by atoms with van der Waals surface area (Å²) in [6.45, 7) is 9.19. The van der Waals surface area contributed by atoms with Crippen molar-refractivity contribution in [3.05, 3.63) is 23.4 Å². The molecule has 0 amide bonds. The van der Waals surface area contributed by atoms with Crippen LogP contribution in [0, 0.1) is 6.92 Å². The summed E-state index contributed by atoms with van der Waals surface area (Å²) in [6.07, 6.45) is 5.24. The third-order valence-corrected chi connectivity index (χ3v) is 4.67. The van der Waals surface area contributed by atoms with Gasteiger partial charge in [0, 0.05) is 24.8 Å². The molecule has 0 aliphatic carbocycles. The van der Waals surface area contributed by atoms with Gasteiger partial charge in [-0.25, -0.2) is 4.98 Å². The van der Waals surface area contributed by atoms with Crippen LogP contribution in [0.1, 0.15) is 49.9 Å². The van der Waals surface area contributed by atoms with E-state index in [1.807, 2.05) is 0 Å². The first kappa shape index (κ1) is 12.9. The van der Waals surface area contributed by atoms with Crippen LogP contribution in [0.25, 0.3) is 0 Å². The third-order valence-electron chi connectivity index (χ3n) is 4.67. The van der Waals surface area contributed by atoms with E-state index < -0.39 is 0 Å². The quantitative estimate of drug-likeness (QED) is 0.831. The summed E-state index contributed by atoms with van der Waals surface area (Å²) >= 11 is 0. The predicted octanol–water partition coefficient (Wildman–Crippen LogP) is 3.15. The fourth-order valence-electron chi connectivity index (χ4n) is 3.59. The second-order valence-electron chi connectivity index (χ2n) is 5.82. The van der Waals surface area contributed by atoms with Gasteiger partial charge in [0.25, 0.3) is 0 Å². The molecular formula is C16H25N3. The van der Waals surface area contributed by atoms with Crippen LogP contribution in [0.2, 0.25) is 0 Å². The van der Waals surface area contributed by atoms with Crippen molar-refractivity contribution in [2.45, 2.75) is 45.6 Å². The minimum absolute atomic E-state index is 0.602. The van der Waals surface area contributed by atoms with Gasteiger partial charge in [0.1, 0.15) is 5.82 Å². The number of nitrogens with zero attached hydrogens (tertiary/aromatic N) is 3. The molecule has 0 radical (unpaired) electrons. The Hall–Kier alpha value is -1.09. The molecule has 19 heavy (non-hydrogen) atoms. The fourth-order valence-corrected chi connectivity index (χ4v) is 3.59. The first-order valence-corrected chi connectivity index (χ1v) is 7.76. The van der Waals surface area contributed by atoms with Gasteiger partial charge in [-0.05, 0) is 57.3 Å². The zero-order valence-corrected chi connectivity index (χ0v) is 12.2. The Labute approximate surface area is 116 Å². The highest BCUT2D eigenvalue weighted by molar-refractivity contribution is 5.43. The van der Waals surface area contributed by atoms with Gasteiger partial charge < -0.3 is 4.90 Å². The van der Waals surface area contributed by atoms with Gasteiger partial charge in [0.05, 0.1) is 0 Å². The lowest BCUT2D eigenvalue weighted by Gasteiger charge is -2.25. The lowest BCUT2D eigenvalue weighted by molar-refractivity contribution is 0.270. The Kier molecular flexibility index (Phi) is 3.74. The molecule has 3 nitrogen and oxygen atoms in total. The van der Waals surface area contributed by atoms with E-state index in [4.69, 9.17) is 4.98 Å². The Balaban J connectivity index is 1.83. The van der Waals surface area contributed by atoms with E-state index in [0.29, 0.717) is 6.04 Å². The largest absolute Gasteiger partial charge is 0.357 e. The second-order valence-corrected chi connectivity index (χ2v) is 5.82. The van der Waals surface area contributed by atoms with Crippen LogP contribution in [0.3, 0.4) is 0 Å². The van der Waals surface area contributed by atoms with E-state index in [9.17, 15) is 0 Å². The molecule has 0 saturated carbocycles. The highest BCUT2D eigenvalue weighted by Crippen LogP contribution is 2.33. The van der Waals surface area contributed by atoms with E-state index in [1.54, 1.807) is 0 Å². The predicted molar refractivity (Wildman–Crippen MR) is 79.6 cm³/mol. The number of pyridine rings is 1. The molecule has 0 spiro atoms. The molecule has 2 saturated heterocycles. The summed E-state index contributed by atoms with van der Waals surface area (Å²) in [7, 11) is 0. The first-order valence-electron chi connectivity index (χ1n) is 7.76. The maximum atomic E-state index is 4.87. The van der Waals surface area contributed by atoms with Crippen molar-refractivity contribution in [3.63, 3.8) is 0 Å². The highest BCUT2D eigenvalue weighted by Gasteiger charge is 2.26. The van der Waals surface area contributed by atoms with Crippen LogP contribution in [-0.4, -0.2) is 36.1 Å². The standard InChI is InChI=1S/C16H25N3/c1-3-18-12-6-7-15(18)14-8-9-16(17-13(14)2)19-10-4-5-11-19/h8-9,15H,3-7,10-12H2,1-2H3/t15-/m1/s1. The SMILES string of the molecule is CCN1CCC[C@@H]1c1ccc(N2CCCC2)nc1C. The van der Waals surface area contributed by atoms with Crippen molar-refractivity contribution in [1.29, 1.82) is 0 Å². The van der Waals surface area contributed by atoms with Gasteiger partial charge in [0.15, 0.2) is 0 Å². The summed E-state index contributed by atoms with van der Waals surface area (Å²) in [4.78, 5) is 9.87. The topological polar surface area (TPSA) is 19.4 Å². The van der Waals surface area contributed by atoms with Gasteiger partial charge in [-0.15, -0.1) is 0 Å². The van der Waals surface area contributed by atoms with Crippen molar-refractivity contribution in [2.75, 3.05) is 31.1 Å². The van der Waals surface area contributed by atoms with Crippen molar-refractivity contribution < 1.29 is 0 Å². The van der Waals surface area contributed by atoms with E-state index in [2.05, 4.69) is 35.8 Å². The average Bonchev–Trinajstić information content (AvgIpc) is 3.09. The molecule has 1 atom stereocenters. The molecule has 0 unspecified atom stereocenters. The Bertz CT molecular complexity index is 438. The van der Waals surface area contributed by atoms with Crippen LogP contribution in [0.5, 0.6) is 0 Å². The van der Waals surface area contributed by atoms with Gasteiger partial charge in [-0.2, -0.15) is 0 Å². The van der Waals surface area contributed by atoms with E-state index in [0.717, 1.165) is 6.54 Å². The Morgan fingerprint density at radius 1 is 1.16 bits per heavy atom. The van der Waals surface area contributed by atoms with Gasteiger partial charge in [0.2, 0.25) is 0 Å². The molecule has 3 heteroatoms. The monoisotopic (exact) mass is 259 g/mol. The molecule has 0 bridgehead atoms. The van der Waals surface area contributed by atoms with Crippen molar-refractivity contribution in [3.8, 4) is 0 Å². The summed E-state index contributed by atoms with van der Waals surface area (Å²) in [5, 5.41) is 0. The highest BCUT2D eigenvalue weighted by atomic mass is 15.2. The lowest BCUT2D eigenvalue weighted by Crippen LogP contribution is -2.24. The lowest BCUT2D eigenvalue weighted by atomic mass is 10.0. The summed E-state index contributed by atoms with van der Waals surface area (Å²) < 4.78 is 0. The number of likely N-dealkylation sites (tertiary alicyclic amines) is 1. The molecule has 2 fully saturated rings. The maximum Gasteiger partial charge on any atom is 0.128 e. The van der Waals surface area contributed by atoms with Crippen molar-refractivity contribution >= 4 is 5.82 Å². The van der Waals surface area contributed by atoms with Gasteiger partial charge in [-0.3, -0.25) is 4.90 Å². The average molecular weight is 259 g/mol. The van der Waals surface area contributed by atoms with Crippen LogP contribution in [-0.2, 0) is 0 Å². The van der Waals surface area contributed by atoms with Crippen LogP contribution in [0.4, 0.5) is 5.82 Å². The number of aryl methyl sites for hydroxylation is 1. The summed E-state index contributed by atoms with van der Waals surface area (Å²) in [6, 6.07) is 5.17. The van der Waals surface area contributed by atoms with Gasteiger partial charge >= 0.3 is 0 Å². The van der Waals surface area contributed by atoms with E-state index >= 15 is 0 Å². The van der Waals surface area contributed by atoms with Crippen molar-refractivity contribution in [1.82, 2.24) is 9.88 Å². The zero-order chi connectivity index (χ0) is 13.2. The fraction of sp³-hybridized carbons (Fsp3) is 0.688. The Morgan fingerprint density at radius 3 is 2.63 bits per heavy atom. The number of hydrogen-bond donors (Lipinski definition) is 0. The van der Waals surface area contributed by atoms with Crippen molar-refractivity contribution in [2.24, 2.45) is 0 Å². The molecule has 3 rings (SSSR count). The minimum atomic E-state index is 0.602. The van der Waals surface area contributed by atoms with Crippen LogP contribution >= 0.6 is 0 Å². The smallest absolute Gasteiger partial charge is 0.128 e. The Morgan fingerprint density at radius 2 is 1.95 bits per heavy atom. The molecule has 2 aliphatic rings. The van der Waals surface area contributed by atoms with Crippen LogP contribution < -0.4 is 4.90 Å². The molecule has 2 aliphatic heterocycles. The third kappa shape index (κ3) is 2.48. The van der Waals surface area contributed by atoms with E-state index in [-0.39, 0.29) is 0 Å². The molecule has 1 aromatic heterocycles. The number of rotatable bonds is 3. The van der Waals surface area contributed by atoms with E-state index in [1.165, 1.54) is 62.4 Å². The normalized spacial score (nSPS) is 24.3. The second kappa shape index (κ2) is 5.49. The molecule has 104 valence electrons. The zero-order valence-electron chi connectivity index (χ0n) is 12.2. The number of anilines is 1. The number of hydrogen-bond acceptors (Lipinski definition) is 3. The molecule has 3 heterocycles. The maximum absolute atomic E-state index is 4.87. The molecule has 0 N–H and O–H groups in total. The molecule has 1 aromatic rings. The first-order chi connectivity index (χ1) is 9.29. The summed E-state index contributed by atoms with van der Waals surface area (Å²) in [5.74, 6) is 1.18. The molecule has 0 aromatic carbocycles. The summed E-state index contributed by atoms with van der Waals surface area (Å²) in [5.41, 5.74) is 2.68. The minimum Gasteiger partial charge on any atom is -0.357 e.